The van der Waals surface area contributed by atoms with E-state index < -0.39 is 12.0 Å². The number of nitrogens with zero attached hydrogens (tertiary/aromatic N) is 3. The van der Waals surface area contributed by atoms with Gasteiger partial charge in [-0.25, -0.2) is 4.98 Å². The molecule has 1 aromatic carbocycles. The molecule has 1 N–H and O–H groups in total. The van der Waals surface area contributed by atoms with Crippen LogP contribution < -0.4 is 9.64 Å². The fraction of sp³-hybridized carbons (Fsp3) is 0.368. The molecule has 1 fully saturated rings. The van der Waals surface area contributed by atoms with Gasteiger partial charge in [0.25, 0.3) is 0 Å². The van der Waals surface area contributed by atoms with Crippen molar-refractivity contribution in [3.63, 3.8) is 0 Å². The Kier molecular flexibility index (Phi) is 5.64. The SMILES string of the molecule is COc1ccc(Cl)cc1[C@H](C(=O)O)N1CCN(c2ncccc2C)CC1. The maximum Gasteiger partial charge on any atom is 0.325 e. The molecule has 138 valence electrons. The van der Waals surface area contributed by atoms with Gasteiger partial charge in [-0.3, -0.25) is 9.69 Å². The number of anilines is 1. The van der Waals surface area contributed by atoms with Gasteiger partial charge in [0.15, 0.2) is 0 Å². The molecule has 0 saturated carbocycles. The Morgan fingerprint density at radius 2 is 2.00 bits per heavy atom. The molecule has 1 aliphatic rings. The van der Waals surface area contributed by atoms with Crippen molar-refractivity contribution < 1.29 is 14.6 Å². The molecule has 2 aromatic rings. The average Bonchev–Trinajstić information content (AvgIpc) is 2.63. The fourth-order valence-electron chi connectivity index (χ4n) is 3.41. The van der Waals surface area contributed by atoms with Crippen LogP contribution in [0.5, 0.6) is 5.75 Å². The zero-order chi connectivity index (χ0) is 18.7. The molecular weight excluding hydrogens is 354 g/mol. The number of hydrogen-bond donors (Lipinski definition) is 1. The molecule has 0 radical (unpaired) electrons. The van der Waals surface area contributed by atoms with Crippen molar-refractivity contribution in [2.45, 2.75) is 13.0 Å². The summed E-state index contributed by atoms with van der Waals surface area (Å²) < 4.78 is 5.36. The summed E-state index contributed by atoms with van der Waals surface area (Å²) in [6, 6.07) is 8.24. The minimum absolute atomic E-state index is 0.495. The highest BCUT2D eigenvalue weighted by molar-refractivity contribution is 6.30. The van der Waals surface area contributed by atoms with Crippen molar-refractivity contribution >= 4 is 23.4 Å². The van der Waals surface area contributed by atoms with Crippen molar-refractivity contribution in [1.29, 1.82) is 0 Å². The zero-order valence-corrected chi connectivity index (χ0v) is 15.6. The van der Waals surface area contributed by atoms with Gasteiger partial charge in [-0.1, -0.05) is 17.7 Å². The van der Waals surface area contributed by atoms with E-state index in [4.69, 9.17) is 16.3 Å². The summed E-state index contributed by atoms with van der Waals surface area (Å²) in [5, 5.41) is 10.3. The number of aromatic nitrogens is 1. The summed E-state index contributed by atoms with van der Waals surface area (Å²) in [6.07, 6.45) is 1.78. The van der Waals surface area contributed by atoms with E-state index in [9.17, 15) is 9.90 Å². The van der Waals surface area contributed by atoms with Crippen molar-refractivity contribution in [2.24, 2.45) is 0 Å². The smallest absolute Gasteiger partial charge is 0.325 e. The van der Waals surface area contributed by atoms with Gasteiger partial charge in [0.05, 0.1) is 7.11 Å². The summed E-state index contributed by atoms with van der Waals surface area (Å²) in [5.74, 6) is 0.581. The van der Waals surface area contributed by atoms with E-state index in [0.717, 1.165) is 11.4 Å². The number of carbonyl (C=O) groups is 1. The summed E-state index contributed by atoms with van der Waals surface area (Å²) in [4.78, 5) is 20.6. The predicted octanol–water partition coefficient (Wildman–Crippen LogP) is 3.00. The largest absolute Gasteiger partial charge is 0.496 e. The Bertz CT molecular complexity index is 791. The number of methoxy groups -OCH3 is 1. The number of carboxylic acids is 1. The maximum atomic E-state index is 12.0. The standard InChI is InChI=1S/C19H22ClN3O3/c1-13-4-3-7-21-18(13)23-10-8-22(9-11-23)17(19(24)25)15-12-14(20)5-6-16(15)26-2/h3-7,12,17H,8-11H2,1-2H3,(H,24,25)/t17-/m1/s1. The highest BCUT2D eigenvalue weighted by Gasteiger charge is 2.33. The fourth-order valence-corrected chi connectivity index (χ4v) is 3.59. The molecule has 1 atom stereocenters. The number of hydrogen-bond acceptors (Lipinski definition) is 5. The number of halogens is 1. The third-order valence-electron chi connectivity index (χ3n) is 4.68. The molecule has 0 bridgehead atoms. The molecule has 0 spiro atoms. The van der Waals surface area contributed by atoms with E-state index >= 15 is 0 Å². The van der Waals surface area contributed by atoms with E-state index in [1.54, 1.807) is 24.4 Å². The summed E-state index contributed by atoms with van der Waals surface area (Å²) in [5.41, 5.74) is 1.70. The third-order valence-corrected chi connectivity index (χ3v) is 4.92. The van der Waals surface area contributed by atoms with E-state index in [0.29, 0.717) is 42.5 Å². The molecule has 2 heterocycles. The van der Waals surface area contributed by atoms with Gasteiger partial charge in [0.1, 0.15) is 17.6 Å². The summed E-state index contributed by atoms with van der Waals surface area (Å²) in [7, 11) is 1.54. The van der Waals surface area contributed by atoms with Gasteiger partial charge in [-0.2, -0.15) is 0 Å². The molecule has 6 nitrogen and oxygen atoms in total. The predicted molar refractivity (Wildman–Crippen MR) is 101 cm³/mol. The van der Waals surface area contributed by atoms with Crippen LogP contribution in [0.1, 0.15) is 17.2 Å². The number of aliphatic carboxylic acids is 1. The molecule has 0 unspecified atom stereocenters. The quantitative estimate of drug-likeness (QED) is 0.866. The van der Waals surface area contributed by atoms with Crippen LogP contribution in [0.25, 0.3) is 0 Å². The summed E-state index contributed by atoms with van der Waals surface area (Å²) >= 11 is 6.10. The maximum absolute atomic E-state index is 12.0. The third kappa shape index (κ3) is 3.76. The average molecular weight is 376 g/mol. The number of piperazine rings is 1. The summed E-state index contributed by atoms with van der Waals surface area (Å²) in [6.45, 7) is 4.69. The number of ether oxygens (including phenoxy) is 1. The Labute approximate surface area is 158 Å². The minimum Gasteiger partial charge on any atom is -0.496 e. The second kappa shape index (κ2) is 7.93. The van der Waals surface area contributed by atoms with E-state index in [1.165, 1.54) is 7.11 Å². The topological polar surface area (TPSA) is 65.9 Å². The Hall–Kier alpha value is -2.31. The Balaban J connectivity index is 1.81. The molecule has 0 amide bonds. The first-order chi connectivity index (χ1) is 12.5. The van der Waals surface area contributed by atoms with E-state index in [-0.39, 0.29) is 0 Å². The number of benzene rings is 1. The van der Waals surface area contributed by atoms with E-state index in [2.05, 4.69) is 9.88 Å². The van der Waals surface area contributed by atoms with Gasteiger partial charge >= 0.3 is 5.97 Å². The van der Waals surface area contributed by atoms with Gasteiger partial charge < -0.3 is 14.7 Å². The van der Waals surface area contributed by atoms with Crippen LogP contribution in [-0.4, -0.2) is 54.2 Å². The molecule has 26 heavy (non-hydrogen) atoms. The first-order valence-corrected chi connectivity index (χ1v) is 8.86. The monoisotopic (exact) mass is 375 g/mol. The number of carboxylic acid groups (broad SMARTS) is 1. The second-order valence-electron chi connectivity index (χ2n) is 6.29. The molecule has 1 aliphatic heterocycles. The molecular formula is C19H22ClN3O3. The lowest BCUT2D eigenvalue weighted by Gasteiger charge is -2.39. The first-order valence-electron chi connectivity index (χ1n) is 8.48. The van der Waals surface area contributed by atoms with Crippen LogP contribution in [0, 0.1) is 6.92 Å². The van der Waals surface area contributed by atoms with Gasteiger partial charge in [-0.15, -0.1) is 0 Å². The van der Waals surface area contributed by atoms with Crippen LogP contribution >= 0.6 is 11.6 Å². The van der Waals surface area contributed by atoms with Crippen LogP contribution in [0.2, 0.25) is 5.02 Å². The highest BCUT2D eigenvalue weighted by Crippen LogP contribution is 2.33. The molecule has 3 rings (SSSR count). The van der Waals surface area contributed by atoms with Crippen molar-refractivity contribution in [3.8, 4) is 5.75 Å². The normalized spacial score (nSPS) is 16.3. The lowest BCUT2D eigenvalue weighted by molar-refractivity contribution is -0.143. The Morgan fingerprint density at radius 3 is 2.62 bits per heavy atom. The lowest BCUT2D eigenvalue weighted by Crippen LogP contribution is -2.49. The number of aryl methyl sites for hydroxylation is 1. The lowest BCUT2D eigenvalue weighted by atomic mass is 10.0. The van der Waals surface area contributed by atoms with Crippen LogP contribution in [0.4, 0.5) is 5.82 Å². The second-order valence-corrected chi connectivity index (χ2v) is 6.73. The minimum atomic E-state index is -0.909. The molecule has 0 aliphatic carbocycles. The van der Waals surface area contributed by atoms with Gasteiger partial charge in [0.2, 0.25) is 0 Å². The number of rotatable bonds is 5. The van der Waals surface area contributed by atoms with Gasteiger partial charge in [0, 0.05) is 43.0 Å². The molecule has 1 aromatic heterocycles. The van der Waals surface area contributed by atoms with Crippen molar-refractivity contribution in [3.05, 3.63) is 52.7 Å². The Morgan fingerprint density at radius 1 is 1.27 bits per heavy atom. The van der Waals surface area contributed by atoms with Crippen LogP contribution in [0.15, 0.2) is 36.5 Å². The van der Waals surface area contributed by atoms with Crippen LogP contribution in [0.3, 0.4) is 0 Å². The van der Waals surface area contributed by atoms with Crippen molar-refractivity contribution in [2.75, 3.05) is 38.2 Å². The number of pyridine rings is 1. The molecule has 1 saturated heterocycles. The zero-order valence-electron chi connectivity index (χ0n) is 14.9. The van der Waals surface area contributed by atoms with E-state index in [1.807, 2.05) is 24.0 Å². The first kappa shape index (κ1) is 18.5. The van der Waals surface area contributed by atoms with Crippen LogP contribution in [-0.2, 0) is 4.79 Å². The van der Waals surface area contributed by atoms with Crippen molar-refractivity contribution in [1.82, 2.24) is 9.88 Å². The highest BCUT2D eigenvalue weighted by atomic mass is 35.5. The van der Waals surface area contributed by atoms with Gasteiger partial charge in [-0.05, 0) is 36.8 Å². The molecule has 7 heteroatoms.